The van der Waals surface area contributed by atoms with Crippen molar-refractivity contribution in [1.29, 1.82) is 0 Å². The van der Waals surface area contributed by atoms with E-state index in [2.05, 4.69) is 4.98 Å². The maximum Gasteiger partial charge on any atom is 0.255 e. The number of amides is 1. The fourth-order valence-electron chi connectivity index (χ4n) is 1.84. The first-order chi connectivity index (χ1) is 9.45. The number of carbonyl (C=O) groups excluding carboxylic acids is 1. The van der Waals surface area contributed by atoms with Crippen molar-refractivity contribution in [3.63, 3.8) is 0 Å². The van der Waals surface area contributed by atoms with E-state index in [-0.39, 0.29) is 5.91 Å². The molecule has 0 aliphatic carbocycles. The quantitative estimate of drug-likeness (QED) is 0.771. The van der Waals surface area contributed by atoms with Crippen molar-refractivity contribution >= 4 is 23.1 Å². The third-order valence-electron chi connectivity index (χ3n) is 2.94. The molecule has 0 spiro atoms. The summed E-state index contributed by atoms with van der Waals surface area (Å²) in [6, 6.07) is 3.64. The van der Waals surface area contributed by atoms with Crippen LogP contribution in [-0.4, -0.2) is 47.6 Å². The van der Waals surface area contributed by atoms with E-state index in [1.807, 2.05) is 19.9 Å². The minimum absolute atomic E-state index is 0.0664. The van der Waals surface area contributed by atoms with E-state index >= 15 is 0 Å². The molecule has 110 valence electrons. The standard InChI is InChI=1S/C14H21N3O2S/c1-10-4-5-12(11(2)16-10)14(18)17(8-9-19-3)7-6-13(15)20/h4-5H,6-9H2,1-3H3,(H2,15,20). The number of rotatable bonds is 7. The Morgan fingerprint density at radius 1 is 1.40 bits per heavy atom. The smallest absolute Gasteiger partial charge is 0.255 e. The van der Waals surface area contributed by atoms with Crippen LogP contribution in [-0.2, 0) is 4.74 Å². The Morgan fingerprint density at radius 3 is 2.65 bits per heavy atom. The highest BCUT2D eigenvalue weighted by Gasteiger charge is 2.18. The first-order valence-corrected chi connectivity index (χ1v) is 6.87. The summed E-state index contributed by atoms with van der Waals surface area (Å²) in [6.45, 7) is 5.20. The van der Waals surface area contributed by atoms with Crippen LogP contribution in [0, 0.1) is 13.8 Å². The van der Waals surface area contributed by atoms with Gasteiger partial charge in [0.25, 0.3) is 5.91 Å². The van der Waals surface area contributed by atoms with Gasteiger partial charge >= 0.3 is 0 Å². The first kappa shape index (κ1) is 16.5. The molecule has 1 aromatic heterocycles. The van der Waals surface area contributed by atoms with Crippen LogP contribution in [0.2, 0.25) is 0 Å². The molecule has 1 aromatic rings. The SMILES string of the molecule is COCCN(CCC(N)=S)C(=O)c1ccc(C)nc1C. The van der Waals surface area contributed by atoms with Crippen molar-refractivity contribution in [2.45, 2.75) is 20.3 Å². The van der Waals surface area contributed by atoms with Gasteiger partial charge in [-0.3, -0.25) is 9.78 Å². The highest BCUT2D eigenvalue weighted by atomic mass is 32.1. The molecule has 0 fully saturated rings. The number of carbonyl (C=O) groups is 1. The third-order valence-corrected chi connectivity index (χ3v) is 3.14. The summed E-state index contributed by atoms with van der Waals surface area (Å²) in [6.07, 6.45) is 0.503. The number of aromatic nitrogens is 1. The maximum absolute atomic E-state index is 12.5. The highest BCUT2D eigenvalue weighted by Crippen LogP contribution is 2.10. The van der Waals surface area contributed by atoms with E-state index in [1.165, 1.54) is 0 Å². The van der Waals surface area contributed by atoms with Gasteiger partial charge in [0.2, 0.25) is 0 Å². The summed E-state index contributed by atoms with van der Waals surface area (Å²) in [5, 5.41) is 0. The molecule has 0 atom stereocenters. The molecular weight excluding hydrogens is 274 g/mol. The number of methoxy groups -OCH3 is 1. The fraction of sp³-hybridized carbons (Fsp3) is 0.500. The molecule has 0 saturated heterocycles. The summed E-state index contributed by atoms with van der Waals surface area (Å²) in [5.74, 6) is -0.0664. The number of nitrogens with zero attached hydrogens (tertiary/aromatic N) is 2. The zero-order chi connectivity index (χ0) is 15.1. The predicted octanol–water partition coefficient (Wildman–Crippen LogP) is 1.46. The molecule has 0 saturated carbocycles. The first-order valence-electron chi connectivity index (χ1n) is 6.46. The zero-order valence-electron chi connectivity index (χ0n) is 12.2. The predicted molar refractivity (Wildman–Crippen MR) is 82.9 cm³/mol. The molecule has 0 bridgehead atoms. The van der Waals surface area contributed by atoms with Crippen molar-refractivity contribution in [2.24, 2.45) is 5.73 Å². The lowest BCUT2D eigenvalue weighted by atomic mass is 10.1. The molecule has 0 aliphatic rings. The number of pyridine rings is 1. The van der Waals surface area contributed by atoms with Gasteiger partial charge in [-0.15, -0.1) is 0 Å². The summed E-state index contributed by atoms with van der Waals surface area (Å²) in [7, 11) is 1.61. The minimum atomic E-state index is -0.0664. The summed E-state index contributed by atoms with van der Waals surface area (Å²) < 4.78 is 5.04. The van der Waals surface area contributed by atoms with Crippen LogP contribution in [0.25, 0.3) is 0 Å². The molecule has 0 aromatic carbocycles. The Labute approximate surface area is 125 Å². The lowest BCUT2D eigenvalue weighted by molar-refractivity contribution is 0.0700. The van der Waals surface area contributed by atoms with Crippen molar-refractivity contribution in [2.75, 3.05) is 26.8 Å². The number of hydrogen-bond donors (Lipinski definition) is 1. The molecule has 0 radical (unpaired) electrons. The monoisotopic (exact) mass is 295 g/mol. The van der Waals surface area contributed by atoms with Gasteiger partial charge in [0.15, 0.2) is 0 Å². The Balaban J connectivity index is 2.87. The van der Waals surface area contributed by atoms with Crippen LogP contribution >= 0.6 is 12.2 Å². The summed E-state index contributed by atoms with van der Waals surface area (Å²) >= 11 is 4.87. The lowest BCUT2D eigenvalue weighted by Crippen LogP contribution is -2.36. The Kier molecular flexibility index (Phi) is 6.54. The van der Waals surface area contributed by atoms with Crippen LogP contribution < -0.4 is 5.73 Å². The van der Waals surface area contributed by atoms with Gasteiger partial charge in [-0.1, -0.05) is 12.2 Å². The van der Waals surface area contributed by atoms with Gasteiger partial charge in [0.05, 0.1) is 22.9 Å². The van der Waals surface area contributed by atoms with Crippen LogP contribution in [0.4, 0.5) is 0 Å². The van der Waals surface area contributed by atoms with Gasteiger partial charge in [-0.2, -0.15) is 0 Å². The van der Waals surface area contributed by atoms with E-state index in [0.29, 0.717) is 36.7 Å². The lowest BCUT2D eigenvalue weighted by Gasteiger charge is -2.23. The molecule has 6 heteroatoms. The second-order valence-electron chi connectivity index (χ2n) is 4.59. The Hall–Kier alpha value is -1.53. The van der Waals surface area contributed by atoms with E-state index < -0.39 is 0 Å². The van der Waals surface area contributed by atoms with Gasteiger partial charge in [-0.25, -0.2) is 0 Å². The third kappa shape index (κ3) is 4.86. The largest absolute Gasteiger partial charge is 0.393 e. The van der Waals surface area contributed by atoms with Crippen molar-refractivity contribution < 1.29 is 9.53 Å². The average Bonchev–Trinajstić information content (AvgIpc) is 2.38. The van der Waals surface area contributed by atoms with E-state index in [1.54, 1.807) is 18.1 Å². The van der Waals surface area contributed by atoms with E-state index in [4.69, 9.17) is 22.7 Å². The van der Waals surface area contributed by atoms with Gasteiger partial charge in [-0.05, 0) is 26.0 Å². The summed E-state index contributed by atoms with van der Waals surface area (Å²) in [4.78, 5) is 19.0. The molecular formula is C14H21N3O2S. The molecule has 1 heterocycles. The second-order valence-corrected chi connectivity index (χ2v) is 5.11. The van der Waals surface area contributed by atoms with E-state index in [9.17, 15) is 4.79 Å². The molecule has 0 aliphatic heterocycles. The number of nitrogens with two attached hydrogens (primary N) is 1. The zero-order valence-corrected chi connectivity index (χ0v) is 13.0. The van der Waals surface area contributed by atoms with Crippen molar-refractivity contribution in [1.82, 2.24) is 9.88 Å². The molecule has 5 nitrogen and oxygen atoms in total. The number of ether oxygens (including phenoxy) is 1. The Bertz CT molecular complexity index is 491. The van der Waals surface area contributed by atoms with Crippen molar-refractivity contribution in [3.05, 3.63) is 29.1 Å². The highest BCUT2D eigenvalue weighted by molar-refractivity contribution is 7.80. The molecule has 0 unspecified atom stereocenters. The van der Waals surface area contributed by atoms with E-state index in [0.717, 1.165) is 11.4 Å². The normalized spacial score (nSPS) is 10.3. The number of thiocarbonyl (C=S) groups is 1. The number of aryl methyl sites for hydroxylation is 2. The molecule has 1 rings (SSSR count). The maximum atomic E-state index is 12.5. The van der Waals surface area contributed by atoms with Crippen LogP contribution in [0.1, 0.15) is 28.2 Å². The van der Waals surface area contributed by atoms with Gasteiger partial charge < -0.3 is 15.4 Å². The van der Waals surface area contributed by atoms with Crippen LogP contribution in [0.5, 0.6) is 0 Å². The van der Waals surface area contributed by atoms with Gasteiger partial charge in [0.1, 0.15) is 0 Å². The van der Waals surface area contributed by atoms with Crippen LogP contribution in [0.3, 0.4) is 0 Å². The summed E-state index contributed by atoms with van der Waals surface area (Å²) in [5.41, 5.74) is 7.74. The topological polar surface area (TPSA) is 68.5 Å². The fourth-order valence-corrected chi connectivity index (χ4v) is 1.94. The molecule has 2 N–H and O–H groups in total. The van der Waals surface area contributed by atoms with Gasteiger partial charge in [0, 0.05) is 32.3 Å². The number of hydrogen-bond acceptors (Lipinski definition) is 4. The molecule has 1 amide bonds. The minimum Gasteiger partial charge on any atom is -0.393 e. The van der Waals surface area contributed by atoms with Crippen LogP contribution in [0.15, 0.2) is 12.1 Å². The molecule has 20 heavy (non-hydrogen) atoms. The Morgan fingerprint density at radius 2 is 2.10 bits per heavy atom. The second kappa shape index (κ2) is 7.91. The average molecular weight is 295 g/mol. The van der Waals surface area contributed by atoms with Crippen molar-refractivity contribution in [3.8, 4) is 0 Å².